The highest BCUT2D eigenvalue weighted by atomic mass is 13.9. The Morgan fingerprint density at radius 2 is 2.25 bits per heavy atom. The minimum absolute atomic E-state index is 0.903. The molecule has 0 atom stereocenters. The van der Waals surface area contributed by atoms with Crippen LogP contribution < -0.4 is 0 Å². The van der Waals surface area contributed by atoms with Gasteiger partial charge in [-0.2, -0.15) is 0 Å². The summed E-state index contributed by atoms with van der Waals surface area (Å²) in [7, 11) is 0. The van der Waals surface area contributed by atoms with Crippen LogP contribution in [-0.4, -0.2) is 0 Å². The summed E-state index contributed by atoms with van der Waals surface area (Å²) in [5, 5.41) is 0. The molecule has 0 rings (SSSR count). The van der Waals surface area contributed by atoms with Crippen molar-refractivity contribution in [2.45, 2.75) is 32.6 Å². The standard InChI is InChI=1S/C8H15/c1-4-6-7-8(3)5-2/h2-7H2,1H3/q+1. The molecule has 0 saturated heterocycles. The van der Waals surface area contributed by atoms with E-state index < -0.39 is 0 Å². The van der Waals surface area contributed by atoms with Gasteiger partial charge in [0.05, 0.1) is 6.92 Å². The van der Waals surface area contributed by atoms with Gasteiger partial charge in [0.15, 0.2) is 0 Å². The Hall–Kier alpha value is -0.390. The molecule has 0 aromatic heterocycles. The maximum atomic E-state index is 3.85. The molecule has 0 unspecified atom stereocenters. The average molecular weight is 111 g/mol. The molecule has 0 aromatic carbocycles. The summed E-state index contributed by atoms with van der Waals surface area (Å²) < 4.78 is 0. The van der Waals surface area contributed by atoms with Crippen molar-refractivity contribution in [3.63, 3.8) is 0 Å². The molecule has 46 valence electrons. The van der Waals surface area contributed by atoms with Gasteiger partial charge >= 0.3 is 0 Å². The summed E-state index contributed by atoms with van der Waals surface area (Å²) in [6, 6.07) is 0. The summed E-state index contributed by atoms with van der Waals surface area (Å²) >= 11 is 0. The molecule has 0 fully saturated rings. The zero-order valence-electron chi connectivity index (χ0n) is 5.74. The van der Waals surface area contributed by atoms with Crippen LogP contribution >= 0.6 is 0 Å². The van der Waals surface area contributed by atoms with Crippen molar-refractivity contribution in [3.8, 4) is 0 Å². The lowest BCUT2D eigenvalue weighted by Gasteiger charge is -1.93. The maximum Gasteiger partial charge on any atom is 0.106 e. The van der Waals surface area contributed by atoms with Crippen LogP contribution in [0.2, 0.25) is 0 Å². The zero-order valence-corrected chi connectivity index (χ0v) is 5.74. The first-order valence-corrected chi connectivity index (χ1v) is 3.27. The number of allylic oxidation sites excluding steroid dienone is 1. The zero-order chi connectivity index (χ0) is 6.41. The third-order valence-electron chi connectivity index (χ3n) is 1.24. The van der Waals surface area contributed by atoms with Crippen molar-refractivity contribution in [1.29, 1.82) is 0 Å². The summed E-state index contributed by atoms with van der Waals surface area (Å²) in [6.07, 6.45) is 4.60. The second kappa shape index (κ2) is 4.76. The van der Waals surface area contributed by atoms with Crippen LogP contribution in [0.4, 0.5) is 0 Å². The normalized spacial score (nSPS) is 9.12. The van der Waals surface area contributed by atoms with Crippen LogP contribution in [0, 0.1) is 6.92 Å². The lowest BCUT2D eigenvalue weighted by Crippen LogP contribution is -1.77. The maximum absolute atomic E-state index is 3.85. The van der Waals surface area contributed by atoms with E-state index in [4.69, 9.17) is 0 Å². The SMILES string of the molecule is C=C(C[CH2+])CCCC. The Morgan fingerprint density at radius 1 is 1.62 bits per heavy atom. The summed E-state index contributed by atoms with van der Waals surface area (Å²) in [5.74, 6) is 0. The predicted octanol–water partition coefficient (Wildman–Crippen LogP) is 2.96. The van der Waals surface area contributed by atoms with Gasteiger partial charge in [-0.1, -0.05) is 19.9 Å². The molecule has 0 aliphatic carbocycles. The van der Waals surface area contributed by atoms with Crippen LogP contribution in [0.15, 0.2) is 12.2 Å². The molecule has 0 radical (unpaired) electrons. The van der Waals surface area contributed by atoms with E-state index in [1.165, 1.54) is 24.8 Å². The number of unbranched alkanes of at least 4 members (excludes halogenated alkanes) is 1. The third-order valence-corrected chi connectivity index (χ3v) is 1.24. The van der Waals surface area contributed by atoms with Crippen LogP contribution in [-0.2, 0) is 0 Å². The van der Waals surface area contributed by atoms with Crippen molar-refractivity contribution >= 4 is 0 Å². The van der Waals surface area contributed by atoms with Gasteiger partial charge in [0, 0.05) is 0 Å². The van der Waals surface area contributed by atoms with Crippen molar-refractivity contribution < 1.29 is 0 Å². The van der Waals surface area contributed by atoms with E-state index in [2.05, 4.69) is 20.4 Å². The minimum Gasteiger partial charge on any atom is -0.0956 e. The van der Waals surface area contributed by atoms with E-state index in [-0.39, 0.29) is 0 Å². The molecule has 0 aromatic rings. The van der Waals surface area contributed by atoms with Crippen LogP contribution in [0.3, 0.4) is 0 Å². The fraction of sp³-hybridized carbons (Fsp3) is 0.625. The van der Waals surface area contributed by atoms with Crippen molar-refractivity contribution in [2.24, 2.45) is 0 Å². The Labute approximate surface area is 52.6 Å². The molecule has 0 spiro atoms. The Bertz CT molecular complexity index is 62.4. The minimum atomic E-state index is 0.903. The van der Waals surface area contributed by atoms with Crippen LogP contribution in [0.25, 0.3) is 0 Å². The van der Waals surface area contributed by atoms with Crippen molar-refractivity contribution in [2.75, 3.05) is 0 Å². The van der Waals surface area contributed by atoms with E-state index in [1.54, 1.807) is 0 Å². The molecule has 8 heavy (non-hydrogen) atoms. The van der Waals surface area contributed by atoms with E-state index in [1.807, 2.05) is 0 Å². The molecule has 0 N–H and O–H groups in total. The molecular weight excluding hydrogens is 96.1 g/mol. The van der Waals surface area contributed by atoms with Gasteiger partial charge in [0.25, 0.3) is 0 Å². The Balaban J connectivity index is 2.99. The fourth-order valence-electron chi connectivity index (χ4n) is 0.552. The quantitative estimate of drug-likeness (QED) is 0.386. The van der Waals surface area contributed by atoms with Gasteiger partial charge in [-0.15, -0.1) is 0 Å². The number of hydrogen-bond acceptors (Lipinski definition) is 0. The molecule has 0 aliphatic heterocycles. The predicted molar refractivity (Wildman–Crippen MR) is 38.6 cm³/mol. The van der Waals surface area contributed by atoms with Crippen molar-refractivity contribution in [1.82, 2.24) is 0 Å². The second-order valence-corrected chi connectivity index (χ2v) is 2.10. The topological polar surface area (TPSA) is 0 Å². The third kappa shape index (κ3) is 3.79. The lowest BCUT2D eigenvalue weighted by atomic mass is 10.1. The first kappa shape index (κ1) is 7.61. The lowest BCUT2D eigenvalue weighted by molar-refractivity contribution is 0.777. The average Bonchev–Trinajstić information content (AvgIpc) is 1.83. The smallest absolute Gasteiger partial charge is 0.0956 e. The first-order chi connectivity index (χ1) is 3.81. The van der Waals surface area contributed by atoms with Crippen molar-refractivity contribution in [3.05, 3.63) is 19.1 Å². The van der Waals surface area contributed by atoms with Crippen LogP contribution in [0.5, 0.6) is 0 Å². The molecule has 0 heteroatoms. The molecular formula is C8H15+. The van der Waals surface area contributed by atoms with Gasteiger partial charge in [-0.25, -0.2) is 0 Å². The van der Waals surface area contributed by atoms with E-state index in [0.717, 1.165) is 6.42 Å². The second-order valence-electron chi connectivity index (χ2n) is 2.10. The molecule has 0 bridgehead atoms. The van der Waals surface area contributed by atoms with E-state index >= 15 is 0 Å². The summed E-state index contributed by atoms with van der Waals surface area (Å²) in [6.45, 7) is 9.78. The van der Waals surface area contributed by atoms with Gasteiger partial charge in [0.2, 0.25) is 0 Å². The first-order valence-electron chi connectivity index (χ1n) is 3.27. The van der Waals surface area contributed by atoms with Crippen LogP contribution in [0.1, 0.15) is 32.6 Å². The molecule has 0 aliphatic rings. The number of hydrogen-bond donors (Lipinski definition) is 0. The van der Waals surface area contributed by atoms with Gasteiger partial charge in [0.1, 0.15) is 6.42 Å². The summed E-state index contributed by atoms with van der Waals surface area (Å²) in [5.41, 5.74) is 1.28. The fourth-order valence-corrected chi connectivity index (χ4v) is 0.552. The van der Waals surface area contributed by atoms with Gasteiger partial charge < -0.3 is 0 Å². The molecule has 0 saturated carbocycles. The molecule has 0 heterocycles. The molecule has 0 amide bonds. The molecule has 0 nitrogen and oxygen atoms in total. The highest BCUT2D eigenvalue weighted by Crippen LogP contribution is 2.06. The largest absolute Gasteiger partial charge is 0.106 e. The van der Waals surface area contributed by atoms with E-state index in [9.17, 15) is 0 Å². The highest BCUT2D eigenvalue weighted by molar-refractivity contribution is 4.94. The number of rotatable bonds is 4. The Kier molecular flexibility index (Phi) is 4.53. The van der Waals surface area contributed by atoms with Gasteiger partial charge in [-0.3, -0.25) is 0 Å². The summed E-state index contributed by atoms with van der Waals surface area (Å²) in [4.78, 5) is 0. The van der Waals surface area contributed by atoms with E-state index in [0.29, 0.717) is 0 Å². The Morgan fingerprint density at radius 3 is 2.62 bits per heavy atom. The monoisotopic (exact) mass is 111 g/mol. The highest BCUT2D eigenvalue weighted by Gasteiger charge is 1.90. The van der Waals surface area contributed by atoms with Gasteiger partial charge in [-0.05, 0) is 18.4 Å².